The summed E-state index contributed by atoms with van der Waals surface area (Å²) in [6.07, 6.45) is 0. The number of hydrogen-bond acceptors (Lipinski definition) is 3. The molecule has 2 aromatic carbocycles. The fourth-order valence-corrected chi connectivity index (χ4v) is 2.58. The molecule has 0 fully saturated rings. The summed E-state index contributed by atoms with van der Waals surface area (Å²) in [7, 11) is 1.37. The van der Waals surface area contributed by atoms with E-state index in [1.807, 2.05) is 13.0 Å². The van der Waals surface area contributed by atoms with E-state index in [9.17, 15) is 4.79 Å². The number of nitrogens with one attached hydrogen (secondary N) is 2. The molecule has 2 rings (SSSR count). The van der Waals surface area contributed by atoms with Crippen molar-refractivity contribution in [1.29, 1.82) is 0 Å². The van der Waals surface area contributed by atoms with Gasteiger partial charge in [-0.3, -0.25) is 0 Å². The van der Waals surface area contributed by atoms with Crippen LogP contribution in [0, 0.1) is 13.8 Å². The van der Waals surface area contributed by atoms with Crippen molar-refractivity contribution >= 4 is 29.0 Å². The third kappa shape index (κ3) is 4.55. The van der Waals surface area contributed by atoms with Crippen LogP contribution in [0.1, 0.15) is 40.0 Å². The van der Waals surface area contributed by atoms with Crippen LogP contribution in [0.3, 0.4) is 0 Å². The molecule has 0 aromatic heterocycles. The van der Waals surface area contributed by atoms with Crippen LogP contribution in [0.5, 0.6) is 0 Å². The van der Waals surface area contributed by atoms with E-state index in [4.69, 9.17) is 17.0 Å². The van der Waals surface area contributed by atoms with Gasteiger partial charge >= 0.3 is 5.97 Å². The normalized spacial score (nSPS) is 11.5. The Kier molecular flexibility index (Phi) is 5.93. The van der Waals surface area contributed by atoms with Crippen LogP contribution in [-0.4, -0.2) is 18.2 Å². The lowest BCUT2D eigenvalue weighted by Crippen LogP contribution is -2.31. The number of anilines is 1. The average molecular weight is 342 g/mol. The van der Waals surface area contributed by atoms with E-state index in [2.05, 4.69) is 48.7 Å². The maximum absolute atomic E-state index is 11.7. The number of esters is 1. The second-order valence-corrected chi connectivity index (χ2v) is 6.16. The van der Waals surface area contributed by atoms with Crippen LogP contribution in [0.25, 0.3) is 0 Å². The molecule has 0 bridgehead atoms. The van der Waals surface area contributed by atoms with E-state index in [1.165, 1.54) is 12.7 Å². The van der Waals surface area contributed by atoms with Crippen LogP contribution in [-0.2, 0) is 4.74 Å². The summed E-state index contributed by atoms with van der Waals surface area (Å²) in [5.41, 5.74) is 4.65. The SMILES string of the molecule is COC(=O)c1ccc(C)c(NC(=S)N[C@@H](C)c2ccc(C)cc2)c1. The maximum atomic E-state index is 11.7. The number of methoxy groups -OCH3 is 1. The first-order valence-electron chi connectivity index (χ1n) is 7.73. The predicted octanol–water partition coefficient (Wildman–Crippen LogP) is 4.14. The second kappa shape index (κ2) is 7.93. The van der Waals surface area contributed by atoms with Gasteiger partial charge in [-0.2, -0.15) is 0 Å². The summed E-state index contributed by atoms with van der Waals surface area (Å²) in [6, 6.07) is 13.7. The molecular weight excluding hydrogens is 320 g/mol. The number of carbonyl (C=O) groups excluding carboxylic acids is 1. The number of benzene rings is 2. The molecule has 0 aliphatic rings. The monoisotopic (exact) mass is 342 g/mol. The molecule has 0 unspecified atom stereocenters. The highest BCUT2D eigenvalue weighted by atomic mass is 32.1. The van der Waals surface area contributed by atoms with Crippen LogP contribution in [0.4, 0.5) is 5.69 Å². The molecular formula is C19H22N2O2S. The van der Waals surface area contributed by atoms with Gasteiger partial charge < -0.3 is 15.4 Å². The zero-order chi connectivity index (χ0) is 17.7. The Balaban J connectivity index is 2.06. The number of carbonyl (C=O) groups is 1. The summed E-state index contributed by atoms with van der Waals surface area (Å²) in [4.78, 5) is 11.7. The number of rotatable bonds is 4. The molecule has 24 heavy (non-hydrogen) atoms. The number of aryl methyl sites for hydroxylation is 2. The largest absolute Gasteiger partial charge is 0.465 e. The van der Waals surface area contributed by atoms with Crippen molar-refractivity contribution < 1.29 is 9.53 Å². The smallest absolute Gasteiger partial charge is 0.337 e. The minimum absolute atomic E-state index is 0.0784. The standard InChI is InChI=1S/C19H22N2O2S/c1-12-5-8-15(9-6-12)14(3)20-19(24)21-17-11-16(18(22)23-4)10-7-13(17)2/h5-11,14H,1-4H3,(H2,20,21,24)/t14-/m0/s1. The van der Waals surface area contributed by atoms with Gasteiger partial charge in [-0.1, -0.05) is 35.9 Å². The second-order valence-electron chi connectivity index (χ2n) is 5.75. The molecule has 126 valence electrons. The minimum Gasteiger partial charge on any atom is -0.465 e. The van der Waals surface area contributed by atoms with E-state index < -0.39 is 0 Å². The predicted molar refractivity (Wildman–Crippen MR) is 101 cm³/mol. The summed E-state index contributed by atoms with van der Waals surface area (Å²) in [5, 5.41) is 6.92. The molecule has 1 atom stereocenters. The third-order valence-corrected chi connectivity index (χ3v) is 4.05. The topological polar surface area (TPSA) is 50.4 Å². The Morgan fingerprint density at radius 3 is 2.42 bits per heavy atom. The van der Waals surface area contributed by atoms with Crippen molar-refractivity contribution in [3.8, 4) is 0 Å². The molecule has 0 spiro atoms. The van der Waals surface area contributed by atoms with Gasteiger partial charge in [0.15, 0.2) is 5.11 Å². The quantitative estimate of drug-likeness (QED) is 0.646. The number of thiocarbonyl (C=S) groups is 1. The molecule has 0 heterocycles. The number of ether oxygens (including phenoxy) is 1. The molecule has 0 saturated heterocycles. The van der Waals surface area contributed by atoms with Crippen LogP contribution in [0.2, 0.25) is 0 Å². The van der Waals surface area contributed by atoms with Crippen LogP contribution >= 0.6 is 12.2 Å². The van der Waals surface area contributed by atoms with E-state index in [0.29, 0.717) is 10.7 Å². The first-order chi connectivity index (χ1) is 11.4. The Morgan fingerprint density at radius 1 is 1.12 bits per heavy atom. The number of hydrogen-bond donors (Lipinski definition) is 2. The molecule has 4 nitrogen and oxygen atoms in total. The first kappa shape index (κ1) is 17.9. The summed E-state index contributed by atoms with van der Waals surface area (Å²) in [6.45, 7) is 6.07. The Labute approximate surface area is 148 Å². The molecule has 0 saturated carbocycles. The van der Waals surface area contributed by atoms with Crippen molar-refractivity contribution in [3.05, 3.63) is 64.7 Å². The summed E-state index contributed by atoms with van der Waals surface area (Å²) < 4.78 is 4.75. The Morgan fingerprint density at radius 2 is 1.79 bits per heavy atom. The van der Waals surface area contributed by atoms with Crippen molar-refractivity contribution in [2.45, 2.75) is 26.8 Å². The fourth-order valence-electron chi connectivity index (χ4n) is 2.29. The zero-order valence-corrected chi connectivity index (χ0v) is 15.2. The Hall–Kier alpha value is -2.40. The Bertz CT molecular complexity index is 742. The van der Waals surface area contributed by atoms with E-state index >= 15 is 0 Å². The van der Waals surface area contributed by atoms with Crippen LogP contribution < -0.4 is 10.6 Å². The summed E-state index contributed by atoms with van der Waals surface area (Å²) >= 11 is 5.40. The van der Waals surface area contributed by atoms with Gasteiger partial charge in [0.2, 0.25) is 0 Å². The van der Waals surface area contributed by atoms with Crippen molar-refractivity contribution in [3.63, 3.8) is 0 Å². The highest BCUT2D eigenvalue weighted by Crippen LogP contribution is 2.18. The third-order valence-electron chi connectivity index (χ3n) is 3.83. The van der Waals surface area contributed by atoms with Gasteiger partial charge in [-0.15, -0.1) is 0 Å². The minimum atomic E-state index is -0.370. The maximum Gasteiger partial charge on any atom is 0.337 e. The molecule has 2 N–H and O–H groups in total. The first-order valence-corrected chi connectivity index (χ1v) is 8.14. The molecule has 5 heteroatoms. The van der Waals surface area contributed by atoms with Crippen molar-refractivity contribution in [1.82, 2.24) is 5.32 Å². The molecule has 0 aliphatic heterocycles. The molecule has 2 aromatic rings. The van der Waals surface area contributed by atoms with Crippen LogP contribution in [0.15, 0.2) is 42.5 Å². The van der Waals surface area contributed by atoms with Gasteiger partial charge in [0, 0.05) is 5.69 Å². The van der Waals surface area contributed by atoms with Gasteiger partial charge in [0.05, 0.1) is 18.7 Å². The fraction of sp³-hybridized carbons (Fsp3) is 0.263. The van der Waals surface area contributed by atoms with Gasteiger partial charge in [-0.05, 0) is 56.2 Å². The zero-order valence-electron chi connectivity index (χ0n) is 14.3. The average Bonchev–Trinajstić information content (AvgIpc) is 2.56. The highest BCUT2D eigenvalue weighted by Gasteiger charge is 2.11. The van der Waals surface area contributed by atoms with Gasteiger partial charge in [0.1, 0.15) is 0 Å². The van der Waals surface area contributed by atoms with Crippen molar-refractivity contribution in [2.75, 3.05) is 12.4 Å². The highest BCUT2D eigenvalue weighted by molar-refractivity contribution is 7.80. The van der Waals surface area contributed by atoms with E-state index in [-0.39, 0.29) is 12.0 Å². The van der Waals surface area contributed by atoms with E-state index in [1.54, 1.807) is 12.1 Å². The molecule has 0 aliphatic carbocycles. The van der Waals surface area contributed by atoms with Gasteiger partial charge in [-0.25, -0.2) is 4.79 Å². The lowest BCUT2D eigenvalue weighted by atomic mass is 10.1. The van der Waals surface area contributed by atoms with Crippen molar-refractivity contribution in [2.24, 2.45) is 0 Å². The lowest BCUT2D eigenvalue weighted by molar-refractivity contribution is 0.0601. The van der Waals surface area contributed by atoms with Gasteiger partial charge in [0.25, 0.3) is 0 Å². The van der Waals surface area contributed by atoms with E-state index in [0.717, 1.165) is 16.8 Å². The molecule has 0 amide bonds. The summed E-state index contributed by atoms with van der Waals surface area (Å²) in [5.74, 6) is -0.370. The molecule has 0 radical (unpaired) electrons. The lowest BCUT2D eigenvalue weighted by Gasteiger charge is -2.18.